The van der Waals surface area contributed by atoms with Crippen molar-refractivity contribution in [2.24, 2.45) is 0 Å². The van der Waals surface area contributed by atoms with Crippen molar-refractivity contribution in [2.75, 3.05) is 0 Å². The molecular weight excluding hydrogens is 220 g/mol. The van der Waals surface area contributed by atoms with Crippen molar-refractivity contribution in [2.45, 2.75) is 13.3 Å². The van der Waals surface area contributed by atoms with Gasteiger partial charge in [-0.15, -0.1) is 0 Å². The predicted octanol–water partition coefficient (Wildman–Crippen LogP) is 4.39. The molecule has 0 spiro atoms. The summed E-state index contributed by atoms with van der Waals surface area (Å²) in [5.41, 5.74) is 4.36. The summed E-state index contributed by atoms with van der Waals surface area (Å²) in [6.07, 6.45) is 6.23. The Morgan fingerprint density at radius 1 is 1.11 bits per heavy atom. The van der Waals surface area contributed by atoms with Crippen molar-refractivity contribution >= 4 is 22.6 Å². The molecule has 1 nitrogen and oxygen atoms in total. The number of fused-ring (bicyclic) bond motifs is 1. The van der Waals surface area contributed by atoms with E-state index in [-0.39, 0.29) is 0 Å². The highest BCUT2D eigenvalue weighted by Gasteiger charge is 2.11. The monoisotopic (exact) mass is 234 g/mol. The minimum absolute atomic E-state index is 0.781. The number of allylic oxidation sites excluding steroid dienone is 4. The molecule has 0 fully saturated rings. The largest absolute Gasteiger partial charge is 0.298 e. The van der Waals surface area contributed by atoms with Gasteiger partial charge in [0.25, 0.3) is 0 Å². The molecule has 1 aliphatic rings. The molecule has 1 aliphatic carbocycles. The van der Waals surface area contributed by atoms with Crippen molar-refractivity contribution in [3.8, 4) is 0 Å². The fraction of sp³-hybridized carbons (Fsp3) is 0.118. The molecule has 0 N–H and O–H groups in total. The number of hydrogen-bond donors (Lipinski definition) is 0. The third kappa shape index (κ3) is 1.78. The number of rotatable bonds is 2. The van der Waals surface area contributed by atoms with Crippen LogP contribution in [0.25, 0.3) is 16.3 Å². The van der Waals surface area contributed by atoms with E-state index in [0.29, 0.717) is 0 Å². The van der Waals surface area contributed by atoms with Crippen LogP contribution in [0.3, 0.4) is 0 Å². The van der Waals surface area contributed by atoms with Gasteiger partial charge < -0.3 is 0 Å². The van der Waals surface area contributed by atoms with Gasteiger partial charge in [-0.05, 0) is 47.4 Å². The van der Waals surface area contributed by atoms with Gasteiger partial charge in [-0.3, -0.25) is 4.79 Å². The second kappa shape index (κ2) is 4.26. The van der Waals surface area contributed by atoms with Crippen LogP contribution in [0.1, 0.15) is 29.3 Å². The highest BCUT2D eigenvalue weighted by Crippen LogP contribution is 2.31. The zero-order valence-corrected chi connectivity index (χ0v) is 10.3. The molecule has 2 aromatic rings. The van der Waals surface area contributed by atoms with Crippen LogP contribution in [-0.2, 0) is 0 Å². The van der Waals surface area contributed by atoms with Crippen LogP contribution < -0.4 is 0 Å². The third-order valence-electron chi connectivity index (χ3n) is 3.44. The maximum absolute atomic E-state index is 11.3. The van der Waals surface area contributed by atoms with Crippen molar-refractivity contribution in [1.82, 2.24) is 0 Å². The molecule has 0 aliphatic heterocycles. The van der Waals surface area contributed by atoms with Gasteiger partial charge in [-0.2, -0.15) is 0 Å². The maximum atomic E-state index is 11.3. The summed E-state index contributed by atoms with van der Waals surface area (Å²) in [6.45, 7) is 2.09. The topological polar surface area (TPSA) is 17.1 Å². The molecule has 1 heteroatoms. The fourth-order valence-corrected chi connectivity index (χ4v) is 2.48. The Balaban J connectivity index is 2.22. The zero-order valence-electron chi connectivity index (χ0n) is 10.3. The van der Waals surface area contributed by atoms with E-state index in [1.807, 2.05) is 24.3 Å². The first-order valence-corrected chi connectivity index (χ1v) is 6.13. The molecule has 0 saturated heterocycles. The lowest BCUT2D eigenvalue weighted by Crippen LogP contribution is -1.91. The van der Waals surface area contributed by atoms with E-state index in [0.717, 1.165) is 29.2 Å². The van der Waals surface area contributed by atoms with Gasteiger partial charge in [-0.1, -0.05) is 42.0 Å². The fourth-order valence-electron chi connectivity index (χ4n) is 2.48. The summed E-state index contributed by atoms with van der Waals surface area (Å²) < 4.78 is 0. The van der Waals surface area contributed by atoms with E-state index in [1.54, 1.807) is 0 Å². The Morgan fingerprint density at radius 3 is 2.44 bits per heavy atom. The first-order valence-electron chi connectivity index (χ1n) is 6.13. The molecule has 0 atom stereocenters. The van der Waals surface area contributed by atoms with Crippen molar-refractivity contribution in [3.05, 3.63) is 65.3 Å². The molecular formula is C17H14O. The Bertz CT molecular complexity index is 690. The predicted molar refractivity (Wildman–Crippen MR) is 75.7 cm³/mol. The average molecular weight is 234 g/mol. The zero-order chi connectivity index (χ0) is 12.5. The maximum Gasteiger partial charge on any atom is 0.150 e. The Hall–Kier alpha value is -2.15. The van der Waals surface area contributed by atoms with E-state index < -0.39 is 0 Å². The third-order valence-corrected chi connectivity index (χ3v) is 3.44. The molecule has 2 aromatic carbocycles. The lowest BCUT2D eigenvalue weighted by molar-refractivity contribution is 0.112. The Kier molecular flexibility index (Phi) is 2.60. The molecule has 0 bridgehead atoms. The van der Waals surface area contributed by atoms with Gasteiger partial charge in [0.05, 0.1) is 0 Å². The Morgan fingerprint density at radius 2 is 1.83 bits per heavy atom. The van der Waals surface area contributed by atoms with Gasteiger partial charge in [0.2, 0.25) is 0 Å². The number of aldehydes is 1. The SMILES string of the molecule is CC1=CCC(c2cc3ccccc3cc2C=O)=C1. The number of benzene rings is 2. The molecule has 0 aromatic heterocycles. The van der Waals surface area contributed by atoms with Crippen molar-refractivity contribution in [1.29, 1.82) is 0 Å². The van der Waals surface area contributed by atoms with E-state index in [9.17, 15) is 4.79 Å². The lowest BCUT2D eigenvalue weighted by Gasteiger charge is -2.08. The molecule has 18 heavy (non-hydrogen) atoms. The van der Waals surface area contributed by atoms with E-state index in [4.69, 9.17) is 0 Å². The summed E-state index contributed by atoms with van der Waals surface area (Å²) in [5.74, 6) is 0. The highest BCUT2D eigenvalue weighted by molar-refractivity contribution is 5.96. The second-order valence-electron chi connectivity index (χ2n) is 4.73. The minimum Gasteiger partial charge on any atom is -0.298 e. The normalized spacial score (nSPS) is 14.5. The molecule has 88 valence electrons. The Labute approximate surface area is 106 Å². The lowest BCUT2D eigenvalue weighted by atomic mass is 9.95. The van der Waals surface area contributed by atoms with Crippen molar-refractivity contribution in [3.63, 3.8) is 0 Å². The standard InChI is InChI=1S/C17H14O/c1-12-6-7-15(8-12)17-10-14-5-3-2-4-13(14)9-16(17)11-18/h2-6,8-11H,7H2,1H3. The smallest absolute Gasteiger partial charge is 0.150 e. The molecule has 0 amide bonds. The van der Waals surface area contributed by atoms with E-state index in [1.165, 1.54) is 16.5 Å². The average Bonchev–Trinajstić information content (AvgIpc) is 2.83. The number of carbonyl (C=O) groups excluding carboxylic acids is 1. The van der Waals surface area contributed by atoms with Gasteiger partial charge in [0, 0.05) is 5.56 Å². The van der Waals surface area contributed by atoms with Gasteiger partial charge in [-0.25, -0.2) is 0 Å². The summed E-state index contributed by atoms with van der Waals surface area (Å²) >= 11 is 0. The summed E-state index contributed by atoms with van der Waals surface area (Å²) in [5, 5.41) is 2.30. The summed E-state index contributed by atoms with van der Waals surface area (Å²) in [6, 6.07) is 12.3. The molecule has 0 unspecified atom stereocenters. The first-order chi connectivity index (χ1) is 8.78. The van der Waals surface area contributed by atoms with E-state index in [2.05, 4.69) is 31.2 Å². The highest BCUT2D eigenvalue weighted by atomic mass is 16.1. The van der Waals surface area contributed by atoms with Crippen LogP contribution in [-0.4, -0.2) is 6.29 Å². The number of carbonyl (C=O) groups is 1. The molecule has 0 heterocycles. The molecule has 3 rings (SSSR count). The van der Waals surface area contributed by atoms with Crippen LogP contribution in [0.5, 0.6) is 0 Å². The van der Waals surface area contributed by atoms with Crippen molar-refractivity contribution < 1.29 is 4.79 Å². The van der Waals surface area contributed by atoms with Crippen LogP contribution in [0, 0.1) is 0 Å². The second-order valence-corrected chi connectivity index (χ2v) is 4.73. The summed E-state index contributed by atoms with van der Waals surface area (Å²) in [7, 11) is 0. The van der Waals surface area contributed by atoms with Crippen LogP contribution in [0.4, 0.5) is 0 Å². The quantitative estimate of drug-likeness (QED) is 0.704. The number of hydrogen-bond acceptors (Lipinski definition) is 1. The van der Waals surface area contributed by atoms with Gasteiger partial charge in [0.15, 0.2) is 6.29 Å². The van der Waals surface area contributed by atoms with Gasteiger partial charge in [0.1, 0.15) is 0 Å². The minimum atomic E-state index is 0.781. The van der Waals surface area contributed by atoms with E-state index >= 15 is 0 Å². The molecule has 0 saturated carbocycles. The first kappa shape index (κ1) is 11.0. The summed E-state index contributed by atoms with van der Waals surface area (Å²) in [4.78, 5) is 11.3. The van der Waals surface area contributed by atoms with Gasteiger partial charge >= 0.3 is 0 Å². The van der Waals surface area contributed by atoms with Crippen LogP contribution in [0.2, 0.25) is 0 Å². The van der Waals surface area contributed by atoms with Crippen LogP contribution in [0.15, 0.2) is 54.1 Å². The molecule has 0 radical (unpaired) electrons. The van der Waals surface area contributed by atoms with Crippen LogP contribution >= 0.6 is 0 Å².